The molecule has 1 aliphatic rings. The number of aryl methyl sites for hydroxylation is 1. The molecule has 1 fully saturated rings. The lowest BCUT2D eigenvalue weighted by molar-refractivity contribution is -0.135. The van der Waals surface area contributed by atoms with Crippen LogP contribution in [0.15, 0.2) is 10.9 Å². The summed E-state index contributed by atoms with van der Waals surface area (Å²) < 4.78 is 0. The number of hydrogen-bond donors (Lipinski definition) is 2. The SMILES string of the molecule is Cc1cc(=O)[nH]c(CCNC(=O)CN2CCCCCC2=O)n1. The van der Waals surface area contributed by atoms with Gasteiger partial charge in [-0.3, -0.25) is 14.4 Å². The van der Waals surface area contributed by atoms with Gasteiger partial charge >= 0.3 is 0 Å². The van der Waals surface area contributed by atoms with Crippen LogP contribution in [0, 0.1) is 6.92 Å². The zero-order valence-corrected chi connectivity index (χ0v) is 12.9. The maximum atomic E-state index is 11.9. The average Bonchev–Trinajstić information content (AvgIpc) is 2.63. The summed E-state index contributed by atoms with van der Waals surface area (Å²) in [6.07, 6.45) is 3.88. The molecule has 0 spiro atoms. The van der Waals surface area contributed by atoms with Crippen LogP contribution >= 0.6 is 0 Å². The summed E-state index contributed by atoms with van der Waals surface area (Å²) in [7, 11) is 0. The van der Waals surface area contributed by atoms with Gasteiger partial charge in [-0.2, -0.15) is 0 Å². The van der Waals surface area contributed by atoms with E-state index in [2.05, 4.69) is 15.3 Å². The molecule has 0 atom stereocenters. The third-order valence-corrected chi connectivity index (χ3v) is 3.61. The Morgan fingerprint density at radius 2 is 2.18 bits per heavy atom. The summed E-state index contributed by atoms with van der Waals surface area (Å²) in [4.78, 5) is 43.5. The van der Waals surface area contributed by atoms with E-state index in [1.807, 2.05) is 0 Å². The number of carbonyl (C=O) groups is 2. The Labute approximate surface area is 129 Å². The van der Waals surface area contributed by atoms with Crippen molar-refractivity contribution in [3.8, 4) is 0 Å². The third-order valence-electron chi connectivity index (χ3n) is 3.61. The maximum Gasteiger partial charge on any atom is 0.251 e. The number of amides is 2. The zero-order valence-electron chi connectivity index (χ0n) is 12.9. The smallest absolute Gasteiger partial charge is 0.251 e. The van der Waals surface area contributed by atoms with E-state index in [0.717, 1.165) is 19.3 Å². The van der Waals surface area contributed by atoms with E-state index in [0.29, 0.717) is 37.4 Å². The largest absolute Gasteiger partial charge is 0.354 e. The van der Waals surface area contributed by atoms with Crippen LogP contribution in [0.3, 0.4) is 0 Å². The van der Waals surface area contributed by atoms with E-state index in [9.17, 15) is 14.4 Å². The molecule has 0 aliphatic carbocycles. The van der Waals surface area contributed by atoms with Crippen molar-refractivity contribution in [3.05, 3.63) is 27.9 Å². The molecule has 22 heavy (non-hydrogen) atoms. The Morgan fingerprint density at radius 3 is 2.95 bits per heavy atom. The normalized spacial score (nSPS) is 15.5. The highest BCUT2D eigenvalue weighted by Crippen LogP contribution is 2.10. The molecular weight excluding hydrogens is 284 g/mol. The number of aromatic nitrogens is 2. The van der Waals surface area contributed by atoms with Crippen molar-refractivity contribution in [2.75, 3.05) is 19.6 Å². The molecule has 0 bridgehead atoms. The number of aromatic amines is 1. The van der Waals surface area contributed by atoms with Crippen LogP contribution in [-0.2, 0) is 16.0 Å². The second-order valence-electron chi connectivity index (χ2n) is 5.56. The summed E-state index contributed by atoms with van der Waals surface area (Å²) >= 11 is 0. The van der Waals surface area contributed by atoms with Crippen molar-refractivity contribution < 1.29 is 9.59 Å². The summed E-state index contributed by atoms with van der Waals surface area (Å²) in [6.45, 7) is 2.89. The Hall–Kier alpha value is -2.18. The fraction of sp³-hybridized carbons (Fsp3) is 0.600. The van der Waals surface area contributed by atoms with E-state index in [1.54, 1.807) is 11.8 Å². The molecule has 120 valence electrons. The lowest BCUT2D eigenvalue weighted by Crippen LogP contribution is -2.41. The number of nitrogens with one attached hydrogen (secondary N) is 2. The first kappa shape index (κ1) is 16.2. The highest BCUT2D eigenvalue weighted by atomic mass is 16.2. The third kappa shape index (κ3) is 4.98. The molecule has 7 nitrogen and oxygen atoms in total. The molecular formula is C15H22N4O3. The van der Waals surface area contributed by atoms with Gasteiger partial charge in [-0.25, -0.2) is 4.98 Å². The lowest BCUT2D eigenvalue weighted by Gasteiger charge is -2.19. The van der Waals surface area contributed by atoms with Crippen molar-refractivity contribution >= 4 is 11.8 Å². The number of nitrogens with zero attached hydrogens (tertiary/aromatic N) is 2. The van der Waals surface area contributed by atoms with Crippen molar-refractivity contribution in [3.63, 3.8) is 0 Å². The molecule has 0 aromatic carbocycles. The summed E-state index contributed by atoms with van der Waals surface area (Å²) in [5.74, 6) is 0.429. The Balaban J connectivity index is 1.77. The number of H-pyrrole nitrogens is 1. The van der Waals surface area contributed by atoms with Gasteiger partial charge in [-0.05, 0) is 19.8 Å². The standard InChI is InChI=1S/C15H22N4O3/c1-11-9-13(20)18-12(17-11)6-7-16-14(21)10-19-8-4-2-3-5-15(19)22/h9H,2-8,10H2,1H3,(H,16,21)(H,17,18,20). The Kier molecular flexibility index (Phi) is 5.68. The average molecular weight is 306 g/mol. The number of carbonyl (C=O) groups excluding carboxylic acids is 2. The van der Waals surface area contributed by atoms with Crippen molar-refractivity contribution in [1.29, 1.82) is 0 Å². The molecule has 0 unspecified atom stereocenters. The minimum absolute atomic E-state index is 0.0531. The van der Waals surface area contributed by atoms with Crippen LogP contribution < -0.4 is 10.9 Å². The van der Waals surface area contributed by atoms with Gasteiger partial charge in [0.05, 0.1) is 6.54 Å². The van der Waals surface area contributed by atoms with Gasteiger partial charge in [0.25, 0.3) is 5.56 Å². The van der Waals surface area contributed by atoms with Gasteiger partial charge in [0.15, 0.2) is 0 Å². The maximum absolute atomic E-state index is 11.9. The number of hydrogen-bond acceptors (Lipinski definition) is 4. The van der Waals surface area contributed by atoms with E-state index in [4.69, 9.17) is 0 Å². The molecule has 2 N–H and O–H groups in total. The lowest BCUT2D eigenvalue weighted by atomic mass is 10.2. The Morgan fingerprint density at radius 1 is 1.36 bits per heavy atom. The van der Waals surface area contributed by atoms with Crippen LogP contribution in [0.5, 0.6) is 0 Å². The van der Waals surface area contributed by atoms with Gasteiger partial charge in [0.1, 0.15) is 5.82 Å². The zero-order chi connectivity index (χ0) is 15.9. The molecule has 0 radical (unpaired) electrons. The summed E-state index contributed by atoms with van der Waals surface area (Å²) in [5.41, 5.74) is 0.462. The minimum atomic E-state index is -0.191. The van der Waals surface area contributed by atoms with Gasteiger partial charge in [-0.15, -0.1) is 0 Å². The summed E-state index contributed by atoms with van der Waals surface area (Å²) in [5, 5.41) is 2.76. The molecule has 7 heteroatoms. The second kappa shape index (κ2) is 7.72. The van der Waals surface area contributed by atoms with Crippen LogP contribution in [0.25, 0.3) is 0 Å². The topological polar surface area (TPSA) is 95.2 Å². The highest BCUT2D eigenvalue weighted by molar-refractivity contribution is 5.84. The predicted octanol–water partition coefficient (Wildman–Crippen LogP) is 0.140. The van der Waals surface area contributed by atoms with Gasteiger partial charge < -0.3 is 15.2 Å². The fourth-order valence-corrected chi connectivity index (χ4v) is 2.51. The highest BCUT2D eigenvalue weighted by Gasteiger charge is 2.18. The minimum Gasteiger partial charge on any atom is -0.354 e. The Bertz CT molecular complexity index is 597. The molecule has 2 heterocycles. The number of likely N-dealkylation sites (tertiary alicyclic amines) is 1. The first-order chi connectivity index (χ1) is 10.5. The van der Waals surface area contributed by atoms with E-state index >= 15 is 0 Å². The molecule has 1 aromatic rings. The van der Waals surface area contributed by atoms with E-state index < -0.39 is 0 Å². The molecule has 1 aliphatic heterocycles. The molecule has 2 amide bonds. The van der Waals surface area contributed by atoms with Gasteiger partial charge in [0.2, 0.25) is 11.8 Å². The number of rotatable bonds is 5. The molecule has 2 rings (SSSR count). The van der Waals surface area contributed by atoms with Crippen molar-refractivity contribution in [2.45, 2.75) is 39.0 Å². The first-order valence-corrected chi connectivity index (χ1v) is 7.66. The monoisotopic (exact) mass is 306 g/mol. The molecule has 0 saturated carbocycles. The molecule has 1 saturated heterocycles. The van der Waals surface area contributed by atoms with Crippen LogP contribution in [-0.4, -0.2) is 46.3 Å². The first-order valence-electron chi connectivity index (χ1n) is 7.66. The van der Waals surface area contributed by atoms with Crippen molar-refractivity contribution in [1.82, 2.24) is 20.2 Å². The van der Waals surface area contributed by atoms with Gasteiger partial charge in [0, 0.05) is 37.7 Å². The fourth-order valence-electron chi connectivity index (χ4n) is 2.51. The molecule has 1 aromatic heterocycles. The van der Waals surface area contributed by atoms with E-state index in [1.165, 1.54) is 6.07 Å². The van der Waals surface area contributed by atoms with Crippen LogP contribution in [0.2, 0.25) is 0 Å². The van der Waals surface area contributed by atoms with Gasteiger partial charge in [-0.1, -0.05) is 6.42 Å². The second-order valence-corrected chi connectivity index (χ2v) is 5.56. The predicted molar refractivity (Wildman–Crippen MR) is 81.4 cm³/mol. The quantitative estimate of drug-likeness (QED) is 0.809. The van der Waals surface area contributed by atoms with Crippen molar-refractivity contribution in [2.24, 2.45) is 0 Å². The van der Waals surface area contributed by atoms with E-state index in [-0.39, 0.29) is 23.9 Å². The summed E-state index contributed by atoms with van der Waals surface area (Å²) in [6, 6.07) is 1.42. The van der Waals surface area contributed by atoms with Crippen LogP contribution in [0.1, 0.15) is 37.2 Å². The van der Waals surface area contributed by atoms with Crippen LogP contribution in [0.4, 0.5) is 0 Å².